The van der Waals surface area contributed by atoms with Crippen LogP contribution in [0.15, 0.2) is 224 Å². The minimum absolute atomic E-state index is 0.188. The van der Waals surface area contributed by atoms with Gasteiger partial charge in [-0.1, -0.05) is 189 Å². The highest BCUT2D eigenvalue weighted by Crippen LogP contribution is 2.62. The molecule has 2 nitrogen and oxygen atoms in total. The molecule has 0 bridgehead atoms. The number of fused-ring (bicyclic) bond motifs is 8. The summed E-state index contributed by atoms with van der Waals surface area (Å²) in [6.07, 6.45) is 42.1. The SMILES string of the molecule is C1=CCC(C2CC=C(C3=CCCCC3)N2c2ccc3c(-c4cccc5ccccc45)c4cc(-n5c(C6=CCCC=C6)ccc5-c5ccccc5)ccc4c(C4=CC=C5c6ccccc6C6(CCCC6)C5C4)c3c2)C=C1. The fourth-order valence-electron chi connectivity index (χ4n) is 15.3. The van der Waals surface area contributed by atoms with Gasteiger partial charge in [0.2, 0.25) is 0 Å². The average Bonchev–Trinajstić information content (AvgIpc) is 4.34. The second kappa shape index (κ2) is 18.3. The summed E-state index contributed by atoms with van der Waals surface area (Å²) in [7, 11) is 0. The van der Waals surface area contributed by atoms with E-state index < -0.39 is 0 Å². The lowest BCUT2D eigenvalue weighted by Gasteiger charge is -2.37. The first-order chi connectivity index (χ1) is 37.2. The molecule has 1 aromatic heterocycles. The lowest BCUT2D eigenvalue weighted by molar-refractivity contribution is 0.354. The molecule has 3 unspecified atom stereocenters. The number of benzene rings is 7. The standard InChI is InChI=1S/C73H64N2/c1-5-21-50(22-6-1)67-40-41-68(51-23-7-2-8-24-51)74(67)55-36-39-62-63(47-55)71(54-34-37-59-58-31-15-16-33-65(58)73(66(59)46-54)44-17-18-45-73)61-38-35-56(48-64(61)72(62)60-32-19-29-49-20-13-14-30-57(49)60)75-69(52-25-9-3-10-26-52)42-43-70(75)53-27-11-4-12-28-53/h1,3,5-6,9-11,13-16,19-21,23,25-39,41-43,47-48,50,66-67H,2,4,7-8,12,17-18,22,24,40,44-46H2. The van der Waals surface area contributed by atoms with Crippen LogP contribution in [-0.4, -0.2) is 10.6 Å². The molecule has 7 aliphatic rings. The van der Waals surface area contributed by atoms with E-state index >= 15 is 0 Å². The quantitative estimate of drug-likeness (QED) is 0.138. The Morgan fingerprint density at radius 1 is 0.520 bits per heavy atom. The summed E-state index contributed by atoms with van der Waals surface area (Å²) in [4.78, 5) is 2.79. The van der Waals surface area contributed by atoms with Crippen molar-refractivity contribution in [2.45, 2.75) is 94.9 Å². The Labute approximate surface area is 442 Å². The highest BCUT2D eigenvalue weighted by atomic mass is 15.2. The molecule has 0 radical (unpaired) electrons. The lowest BCUT2D eigenvalue weighted by atomic mass is 9.68. The highest BCUT2D eigenvalue weighted by Gasteiger charge is 2.51. The topological polar surface area (TPSA) is 8.17 Å². The molecular formula is C73H64N2. The van der Waals surface area contributed by atoms with Crippen molar-refractivity contribution in [1.29, 1.82) is 0 Å². The second-order valence-electron chi connectivity index (χ2n) is 22.6. The summed E-state index contributed by atoms with van der Waals surface area (Å²) >= 11 is 0. The van der Waals surface area contributed by atoms with Crippen LogP contribution >= 0.6 is 0 Å². The van der Waals surface area contributed by atoms with Crippen LogP contribution < -0.4 is 4.90 Å². The van der Waals surface area contributed by atoms with Gasteiger partial charge >= 0.3 is 0 Å². The Morgan fingerprint density at radius 3 is 2.16 bits per heavy atom. The molecule has 2 heterocycles. The predicted octanol–water partition coefficient (Wildman–Crippen LogP) is 19.4. The van der Waals surface area contributed by atoms with Gasteiger partial charge in [-0.15, -0.1) is 0 Å². The third-order valence-corrected chi connectivity index (χ3v) is 18.7. The summed E-state index contributed by atoms with van der Waals surface area (Å²) in [5.41, 5.74) is 20.8. The Hall–Kier alpha value is -7.68. The molecule has 3 atom stereocenters. The Bertz CT molecular complexity index is 3880. The first kappa shape index (κ1) is 44.8. The monoisotopic (exact) mass is 969 g/mol. The number of nitrogens with zero attached hydrogens (tertiary/aromatic N) is 2. The number of anilines is 1. The van der Waals surface area contributed by atoms with E-state index in [1.807, 2.05) is 0 Å². The number of hydrogen-bond donors (Lipinski definition) is 0. The fraction of sp³-hybridized carbons (Fsp3) is 0.233. The third-order valence-electron chi connectivity index (χ3n) is 18.7. The summed E-state index contributed by atoms with van der Waals surface area (Å²) in [6, 6.07) is 56.8. The molecule has 1 aliphatic heterocycles. The Morgan fingerprint density at radius 2 is 1.31 bits per heavy atom. The Kier molecular flexibility index (Phi) is 10.9. The van der Waals surface area contributed by atoms with Crippen LogP contribution in [0.3, 0.4) is 0 Å². The maximum absolute atomic E-state index is 2.79. The molecule has 1 spiro atoms. The number of allylic oxidation sites excluding steroid dienone is 13. The van der Waals surface area contributed by atoms with Crippen LogP contribution in [0.25, 0.3) is 77.1 Å². The predicted molar refractivity (Wildman–Crippen MR) is 318 cm³/mol. The molecule has 1 saturated carbocycles. The van der Waals surface area contributed by atoms with Crippen LogP contribution in [0.5, 0.6) is 0 Å². The normalized spacial score (nSPS) is 21.6. The maximum Gasteiger partial charge on any atom is 0.0535 e. The lowest BCUT2D eigenvalue weighted by Crippen LogP contribution is -2.36. The van der Waals surface area contributed by atoms with E-state index in [0.29, 0.717) is 17.9 Å². The van der Waals surface area contributed by atoms with Crippen LogP contribution in [0, 0.1) is 11.8 Å². The minimum Gasteiger partial charge on any atom is -0.337 e. The third kappa shape index (κ3) is 7.27. The van der Waals surface area contributed by atoms with Gasteiger partial charge in [-0.25, -0.2) is 0 Å². The van der Waals surface area contributed by atoms with Crippen molar-refractivity contribution in [2.24, 2.45) is 11.8 Å². The van der Waals surface area contributed by atoms with Crippen LogP contribution in [-0.2, 0) is 5.41 Å². The minimum atomic E-state index is 0.188. The number of rotatable bonds is 8. The van der Waals surface area contributed by atoms with E-state index in [1.165, 1.54) is 150 Å². The van der Waals surface area contributed by atoms with Crippen molar-refractivity contribution in [1.82, 2.24) is 4.57 Å². The van der Waals surface area contributed by atoms with E-state index in [-0.39, 0.29) is 5.41 Å². The van der Waals surface area contributed by atoms with Gasteiger partial charge in [0.1, 0.15) is 0 Å². The van der Waals surface area contributed by atoms with Gasteiger partial charge in [-0.05, 0) is 201 Å². The van der Waals surface area contributed by atoms with Crippen molar-refractivity contribution in [3.63, 3.8) is 0 Å². The largest absolute Gasteiger partial charge is 0.337 e. The van der Waals surface area contributed by atoms with Crippen LogP contribution in [0.1, 0.15) is 106 Å². The first-order valence-corrected chi connectivity index (χ1v) is 28.4. The van der Waals surface area contributed by atoms with Crippen molar-refractivity contribution < 1.29 is 0 Å². The van der Waals surface area contributed by atoms with Gasteiger partial charge in [0.05, 0.1) is 11.4 Å². The van der Waals surface area contributed by atoms with Gasteiger partial charge in [0, 0.05) is 34.4 Å². The zero-order valence-corrected chi connectivity index (χ0v) is 43.0. The molecular weight excluding hydrogens is 905 g/mol. The molecule has 2 heteroatoms. The molecule has 8 aromatic rings. The fourth-order valence-corrected chi connectivity index (χ4v) is 15.3. The van der Waals surface area contributed by atoms with E-state index in [4.69, 9.17) is 0 Å². The number of aromatic nitrogens is 1. The maximum atomic E-state index is 2.79. The summed E-state index contributed by atoms with van der Waals surface area (Å²) in [5.74, 6) is 0.900. The molecule has 7 aromatic carbocycles. The van der Waals surface area contributed by atoms with Gasteiger partial charge in [-0.2, -0.15) is 0 Å². The van der Waals surface area contributed by atoms with Gasteiger partial charge in [0.25, 0.3) is 0 Å². The van der Waals surface area contributed by atoms with Crippen LogP contribution in [0.4, 0.5) is 5.69 Å². The number of hydrogen-bond acceptors (Lipinski definition) is 1. The molecule has 1 fully saturated rings. The van der Waals surface area contributed by atoms with Crippen molar-refractivity contribution >= 4 is 54.7 Å². The van der Waals surface area contributed by atoms with Crippen molar-refractivity contribution in [2.75, 3.05) is 4.90 Å². The van der Waals surface area contributed by atoms with Gasteiger partial charge in [0.15, 0.2) is 0 Å². The summed E-state index contributed by atoms with van der Waals surface area (Å²) < 4.78 is 2.54. The van der Waals surface area contributed by atoms with E-state index in [1.54, 1.807) is 11.1 Å². The molecule has 0 amide bonds. The molecule has 75 heavy (non-hydrogen) atoms. The highest BCUT2D eigenvalue weighted by molar-refractivity contribution is 6.22. The molecule has 0 N–H and O–H groups in total. The van der Waals surface area contributed by atoms with E-state index in [2.05, 4.69) is 222 Å². The molecule has 6 aliphatic carbocycles. The second-order valence-corrected chi connectivity index (χ2v) is 22.6. The van der Waals surface area contributed by atoms with Crippen molar-refractivity contribution in [3.8, 4) is 28.1 Å². The van der Waals surface area contributed by atoms with Gasteiger partial charge in [-0.3, -0.25) is 0 Å². The molecule has 15 rings (SSSR count). The molecule has 366 valence electrons. The van der Waals surface area contributed by atoms with Gasteiger partial charge < -0.3 is 9.47 Å². The smallest absolute Gasteiger partial charge is 0.0535 e. The van der Waals surface area contributed by atoms with Crippen molar-refractivity contribution in [3.05, 3.63) is 246 Å². The Balaban J connectivity index is 1.03. The van der Waals surface area contributed by atoms with Crippen LogP contribution in [0.2, 0.25) is 0 Å². The zero-order chi connectivity index (χ0) is 49.5. The van der Waals surface area contributed by atoms with E-state index in [0.717, 1.165) is 38.5 Å². The summed E-state index contributed by atoms with van der Waals surface area (Å²) in [6.45, 7) is 0. The molecule has 0 saturated heterocycles. The zero-order valence-electron chi connectivity index (χ0n) is 43.0. The first-order valence-electron chi connectivity index (χ1n) is 28.4. The summed E-state index contributed by atoms with van der Waals surface area (Å²) in [5, 5.41) is 7.88. The average molecular weight is 969 g/mol. The van der Waals surface area contributed by atoms with E-state index in [9.17, 15) is 0 Å².